The lowest BCUT2D eigenvalue weighted by Crippen LogP contribution is -2.08. The SMILES string of the molecule is CC(C)S(=O)Cc1cc(F)cc(C#N)c1. The van der Waals surface area contributed by atoms with E-state index in [-0.39, 0.29) is 10.8 Å². The molecule has 1 atom stereocenters. The Balaban J connectivity index is 2.92. The first kappa shape index (κ1) is 11.9. The van der Waals surface area contributed by atoms with E-state index in [1.807, 2.05) is 19.9 Å². The highest BCUT2D eigenvalue weighted by Gasteiger charge is 2.08. The van der Waals surface area contributed by atoms with Crippen LogP contribution in [0.25, 0.3) is 0 Å². The molecule has 1 rings (SSSR count). The monoisotopic (exact) mass is 225 g/mol. The summed E-state index contributed by atoms with van der Waals surface area (Å²) >= 11 is 0. The summed E-state index contributed by atoms with van der Waals surface area (Å²) in [4.78, 5) is 0. The van der Waals surface area contributed by atoms with Gasteiger partial charge in [-0.15, -0.1) is 0 Å². The van der Waals surface area contributed by atoms with Crippen molar-refractivity contribution in [3.8, 4) is 6.07 Å². The summed E-state index contributed by atoms with van der Waals surface area (Å²) in [7, 11) is -1.02. The Bertz CT molecular complexity index is 423. The Hall–Kier alpha value is -1.21. The van der Waals surface area contributed by atoms with E-state index in [1.165, 1.54) is 12.1 Å². The van der Waals surface area contributed by atoms with Gasteiger partial charge in [-0.1, -0.05) is 13.8 Å². The number of nitrogens with zero attached hydrogens (tertiary/aromatic N) is 1. The van der Waals surface area contributed by atoms with Gasteiger partial charge < -0.3 is 0 Å². The van der Waals surface area contributed by atoms with Crippen LogP contribution in [-0.2, 0) is 16.6 Å². The van der Waals surface area contributed by atoms with Crippen molar-refractivity contribution >= 4 is 10.8 Å². The van der Waals surface area contributed by atoms with Gasteiger partial charge in [-0.3, -0.25) is 4.21 Å². The molecule has 1 aromatic carbocycles. The topological polar surface area (TPSA) is 40.9 Å². The molecule has 1 aromatic rings. The van der Waals surface area contributed by atoms with Crippen molar-refractivity contribution in [2.75, 3.05) is 0 Å². The molecule has 0 saturated heterocycles. The third-order valence-electron chi connectivity index (χ3n) is 1.92. The van der Waals surface area contributed by atoms with E-state index in [1.54, 1.807) is 6.07 Å². The van der Waals surface area contributed by atoms with Crippen molar-refractivity contribution in [1.82, 2.24) is 0 Å². The molecule has 0 amide bonds. The minimum atomic E-state index is -1.02. The van der Waals surface area contributed by atoms with E-state index < -0.39 is 16.6 Å². The Morgan fingerprint density at radius 2 is 2.13 bits per heavy atom. The van der Waals surface area contributed by atoms with Gasteiger partial charge in [-0.05, 0) is 23.8 Å². The van der Waals surface area contributed by atoms with Crippen LogP contribution in [0, 0.1) is 17.1 Å². The van der Waals surface area contributed by atoms with Gasteiger partial charge in [0.25, 0.3) is 0 Å². The summed E-state index contributed by atoms with van der Waals surface area (Å²) in [5, 5.41) is 8.68. The predicted octanol–water partition coefficient (Wildman–Crippen LogP) is 2.35. The molecule has 0 spiro atoms. The molecule has 0 aliphatic rings. The van der Waals surface area contributed by atoms with Crippen molar-refractivity contribution in [2.45, 2.75) is 24.9 Å². The average molecular weight is 225 g/mol. The molecule has 0 saturated carbocycles. The molecule has 2 nitrogen and oxygen atoms in total. The van der Waals surface area contributed by atoms with Gasteiger partial charge in [0.1, 0.15) is 5.82 Å². The quantitative estimate of drug-likeness (QED) is 0.792. The van der Waals surface area contributed by atoms with Crippen molar-refractivity contribution < 1.29 is 8.60 Å². The molecular formula is C11H12FNOS. The average Bonchev–Trinajstić information content (AvgIpc) is 2.16. The van der Waals surface area contributed by atoms with Gasteiger partial charge in [0.15, 0.2) is 0 Å². The van der Waals surface area contributed by atoms with E-state index in [9.17, 15) is 8.60 Å². The third kappa shape index (κ3) is 3.45. The Morgan fingerprint density at radius 3 is 2.67 bits per heavy atom. The second-order valence-corrected chi connectivity index (χ2v) is 5.53. The summed E-state index contributed by atoms with van der Waals surface area (Å²) in [5.74, 6) is -0.158. The third-order valence-corrected chi connectivity index (χ3v) is 3.59. The lowest BCUT2D eigenvalue weighted by Gasteiger charge is -2.05. The summed E-state index contributed by atoms with van der Waals surface area (Å²) in [6, 6.07) is 5.93. The number of nitriles is 1. The molecule has 1 unspecified atom stereocenters. The van der Waals surface area contributed by atoms with Gasteiger partial charge in [-0.25, -0.2) is 4.39 Å². The maximum atomic E-state index is 13.0. The van der Waals surface area contributed by atoms with Crippen molar-refractivity contribution in [2.24, 2.45) is 0 Å². The smallest absolute Gasteiger partial charge is 0.124 e. The minimum absolute atomic E-state index is 0.0406. The van der Waals surface area contributed by atoms with Crippen LogP contribution >= 0.6 is 0 Å². The van der Waals surface area contributed by atoms with Crippen molar-refractivity contribution in [3.05, 3.63) is 35.1 Å². The summed E-state index contributed by atoms with van der Waals surface area (Å²) in [6.45, 7) is 3.70. The maximum absolute atomic E-state index is 13.0. The largest absolute Gasteiger partial charge is 0.259 e. The van der Waals surface area contributed by atoms with Crippen LogP contribution in [0.15, 0.2) is 18.2 Å². The Morgan fingerprint density at radius 1 is 1.47 bits per heavy atom. The van der Waals surface area contributed by atoms with Gasteiger partial charge in [0.2, 0.25) is 0 Å². The van der Waals surface area contributed by atoms with E-state index in [2.05, 4.69) is 0 Å². The zero-order chi connectivity index (χ0) is 11.4. The summed E-state index contributed by atoms with van der Waals surface area (Å²) < 4.78 is 24.5. The van der Waals surface area contributed by atoms with Crippen LogP contribution in [0.4, 0.5) is 4.39 Å². The number of benzene rings is 1. The van der Waals surface area contributed by atoms with Crippen LogP contribution in [0.3, 0.4) is 0 Å². The molecule has 0 bridgehead atoms. The van der Waals surface area contributed by atoms with Gasteiger partial charge in [-0.2, -0.15) is 5.26 Å². The lowest BCUT2D eigenvalue weighted by molar-refractivity contribution is 0.625. The normalized spacial score (nSPS) is 12.5. The van der Waals surface area contributed by atoms with E-state index in [4.69, 9.17) is 5.26 Å². The fourth-order valence-corrected chi connectivity index (χ4v) is 1.96. The van der Waals surface area contributed by atoms with E-state index >= 15 is 0 Å². The molecule has 0 fully saturated rings. The highest BCUT2D eigenvalue weighted by molar-refractivity contribution is 7.84. The molecule has 0 N–H and O–H groups in total. The highest BCUT2D eigenvalue weighted by atomic mass is 32.2. The summed E-state index contributed by atoms with van der Waals surface area (Å²) in [5.41, 5.74) is 0.879. The standard InChI is InChI=1S/C11H12FNOS/c1-8(2)15(14)7-10-3-9(6-13)4-11(12)5-10/h3-5,8H,7H2,1-2H3. The van der Waals surface area contributed by atoms with Crippen molar-refractivity contribution in [3.63, 3.8) is 0 Å². The molecule has 0 aliphatic heterocycles. The van der Waals surface area contributed by atoms with Crippen LogP contribution in [0.1, 0.15) is 25.0 Å². The fraction of sp³-hybridized carbons (Fsp3) is 0.364. The highest BCUT2D eigenvalue weighted by Crippen LogP contribution is 2.12. The van der Waals surface area contributed by atoms with Crippen LogP contribution in [0.5, 0.6) is 0 Å². The molecule has 0 radical (unpaired) electrons. The van der Waals surface area contributed by atoms with Gasteiger partial charge >= 0.3 is 0 Å². The first-order valence-corrected chi connectivity index (χ1v) is 5.98. The predicted molar refractivity (Wildman–Crippen MR) is 58.1 cm³/mol. The number of hydrogen-bond donors (Lipinski definition) is 0. The minimum Gasteiger partial charge on any atom is -0.259 e. The number of hydrogen-bond acceptors (Lipinski definition) is 2. The molecule has 80 valence electrons. The fourth-order valence-electron chi connectivity index (χ4n) is 1.13. The lowest BCUT2D eigenvalue weighted by atomic mass is 10.1. The second kappa shape index (κ2) is 5.04. The van der Waals surface area contributed by atoms with Crippen LogP contribution in [0.2, 0.25) is 0 Å². The molecule has 4 heteroatoms. The van der Waals surface area contributed by atoms with Crippen LogP contribution < -0.4 is 0 Å². The first-order valence-electron chi connectivity index (χ1n) is 4.59. The molecule has 0 aliphatic carbocycles. The maximum Gasteiger partial charge on any atom is 0.124 e. The van der Waals surface area contributed by atoms with E-state index in [0.717, 1.165) is 0 Å². The zero-order valence-electron chi connectivity index (χ0n) is 8.66. The molecule has 15 heavy (non-hydrogen) atoms. The first-order chi connectivity index (χ1) is 7.02. The number of halogens is 1. The second-order valence-electron chi connectivity index (χ2n) is 3.53. The van der Waals surface area contributed by atoms with Gasteiger partial charge in [0, 0.05) is 21.8 Å². The Labute approximate surface area is 91.2 Å². The summed E-state index contributed by atoms with van der Waals surface area (Å²) in [6.07, 6.45) is 0. The number of rotatable bonds is 3. The molecule has 0 heterocycles. The molecule has 0 aromatic heterocycles. The molecular weight excluding hydrogens is 213 g/mol. The van der Waals surface area contributed by atoms with E-state index in [0.29, 0.717) is 11.3 Å². The van der Waals surface area contributed by atoms with Gasteiger partial charge in [0.05, 0.1) is 11.6 Å². The zero-order valence-corrected chi connectivity index (χ0v) is 9.47. The van der Waals surface area contributed by atoms with Crippen LogP contribution in [-0.4, -0.2) is 9.46 Å². The van der Waals surface area contributed by atoms with Crippen molar-refractivity contribution in [1.29, 1.82) is 5.26 Å². The Kier molecular flexibility index (Phi) is 3.98.